The second-order valence-corrected chi connectivity index (χ2v) is 5.44. The number of hydrogen-bond donors (Lipinski definition) is 1. The average Bonchev–Trinajstić information content (AvgIpc) is 2.86. The quantitative estimate of drug-likeness (QED) is 0.766. The third-order valence-corrected chi connectivity index (χ3v) is 3.71. The van der Waals surface area contributed by atoms with Crippen molar-refractivity contribution in [2.24, 2.45) is 0 Å². The van der Waals surface area contributed by atoms with Crippen LogP contribution in [0.2, 0.25) is 5.15 Å². The highest BCUT2D eigenvalue weighted by atomic mass is 79.9. The molecule has 0 aliphatic rings. The fourth-order valence-electron chi connectivity index (χ4n) is 1.99. The molecule has 1 N–H and O–H groups in total. The van der Waals surface area contributed by atoms with Crippen LogP contribution in [0.15, 0.2) is 41.3 Å². The number of halogens is 3. The zero-order valence-electron chi connectivity index (χ0n) is 9.96. The van der Waals surface area contributed by atoms with Crippen LogP contribution in [-0.4, -0.2) is 19.5 Å². The van der Waals surface area contributed by atoms with Crippen molar-refractivity contribution in [1.29, 1.82) is 0 Å². The molecule has 3 aromatic rings. The lowest BCUT2D eigenvalue weighted by Crippen LogP contribution is -2.06. The van der Waals surface area contributed by atoms with Crippen molar-refractivity contribution in [2.45, 2.75) is 6.10 Å². The minimum atomic E-state index is -1.15. The maximum absolute atomic E-state index is 13.8. The molecular formula is C13H8BrClFN3O. The van der Waals surface area contributed by atoms with Crippen molar-refractivity contribution in [2.75, 3.05) is 0 Å². The zero-order chi connectivity index (χ0) is 14.3. The maximum Gasteiger partial charge on any atom is 0.175 e. The molecule has 0 aliphatic carbocycles. The predicted molar refractivity (Wildman–Crippen MR) is 76.2 cm³/mol. The molecular weight excluding hydrogens is 349 g/mol. The minimum Gasteiger partial charge on any atom is -0.382 e. The van der Waals surface area contributed by atoms with E-state index in [4.69, 9.17) is 11.6 Å². The Labute approximate surface area is 127 Å². The summed E-state index contributed by atoms with van der Waals surface area (Å²) in [6.45, 7) is 0. The number of aromatic nitrogens is 3. The summed E-state index contributed by atoms with van der Waals surface area (Å²) >= 11 is 9.18. The number of hydrogen-bond acceptors (Lipinski definition) is 3. The van der Waals surface area contributed by atoms with Gasteiger partial charge < -0.3 is 5.11 Å². The highest BCUT2D eigenvalue weighted by Gasteiger charge is 2.20. The molecule has 102 valence electrons. The molecule has 2 heterocycles. The van der Waals surface area contributed by atoms with Crippen molar-refractivity contribution in [3.63, 3.8) is 0 Å². The second-order valence-electron chi connectivity index (χ2n) is 4.16. The van der Waals surface area contributed by atoms with Gasteiger partial charge in [-0.2, -0.15) is 0 Å². The van der Waals surface area contributed by atoms with Crippen LogP contribution in [0.4, 0.5) is 4.39 Å². The Morgan fingerprint density at radius 1 is 1.35 bits per heavy atom. The van der Waals surface area contributed by atoms with E-state index in [9.17, 15) is 9.50 Å². The number of rotatable bonds is 2. The van der Waals surface area contributed by atoms with Crippen molar-refractivity contribution >= 4 is 33.2 Å². The molecule has 1 unspecified atom stereocenters. The third kappa shape index (κ3) is 2.19. The summed E-state index contributed by atoms with van der Waals surface area (Å²) in [5.74, 6) is -0.490. The normalized spacial score (nSPS) is 12.8. The predicted octanol–water partition coefficient (Wildman–Crippen LogP) is 3.37. The molecule has 0 amide bonds. The number of aliphatic hydroxyl groups excluding tert-OH is 1. The Bertz CT molecular complexity index is 792. The van der Waals surface area contributed by atoms with Crippen LogP contribution in [0.1, 0.15) is 17.4 Å². The van der Waals surface area contributed by atoms with E-state index in [1.807, 2.05) is 0 Å². The molecule has 1 atom stereocenters. The van der Waals surface area contributed by atoms with Crippen LogP contribution in [0.25, 0.3) is 5.65 Å². The lowest BCUT2D eigenvalue weighted by atomic mass is 10.1. The largest absolute Gasteiger partial charge is 0.382 e. The molecule has 0 bridgehead atoms. The molecule has 0 saturated carbocycles. The molecule has 0 radical (unpaired) electrons. The van der Waals surface area contributed by atoms with Gasteiger partial charge in [-0.15, -0.1) is 0 Å². The summed E-state index contributed by atoms with van der Waals surface area (Å²) in [5, 5.41) is 10.6. The van der Waals surface area contributed by atoms with Crippen molar-refractivity contribution in [3.05, 3.63) is 63.5 Å². The summed E-state index contributed by atoms with van der Waals surface area (Å²) in [7, 11) is 0. The van der Waals surface area contributed by atoms with E-state index in [-0.39, 0.29) is 10.7 Å². The van der Waals surface area contributed by atoms with Crippen molar-refractivity contribution in [1.82, 2.24) is 14.4 Å². The number of benzene rings is 1. The molecule has 0 saturated heterocycles. The van der Waals surface area contributed by atoms with Gasteiger partial charge in [-0.3, -0.25) is 4.40 Å². The van der Waals surface area contributed by atoms with Crippen LogP contribution in [0.5, 0.6) is 0 Å². The van der Waals surface area contributed by atoms with Gasteiger partial charge in [0.05, 0.1) is 11.9 Å². The van der Waals surface area contributed by atoms with Gasteiger partial charge in [-0.25, -0.2) is 14.4 Å². The van der Waals surface area contributed by atoms with E-state index in [0.717, 1.165) is 0 Å². The molecule has 2 aromatic heterocycles. The van der Waals surface area contributed by atoms with E-state index >= 15 is 0 Å². The maximum atomic E-state index is 13.8. The molecule has 20 heavy (non-hydrogen) atoms. The van der Waals surface area contributed by atoms with Crippen LogP contribution in [-0.2, 0) is 0 Å². The monoisotopic (exact) mass is 355 g/mol. The van der Waals surface area contributed by atoms with Crippen LogP contribution in [0, 0.1) is 5.82 Å². The molecule has 0 aliphatic heterocycles. The van der Waals surface area contributed by atoms with Gasteiger partial charge in [0.25, 0.3) is 0 Å². The molecule has 7 heteroatoms. The number of imidazole rings is 1. The Balaban J connectivity index is 2.15. The first kappa shape index (κ1) is 13.5. The van der Waals surface area contributed by atoms with Gasteiger partial charge in [-0.05, 0) is 18.2 Å². The summed E-state index contributed by atoms with van der Waals surface area (Å²) < 4.78 is 16.1. The highest BCUT2D eigenvalue weighted by Crippen LogP contribution is 2.28. The van der Waals surface area contributed by atoms with Crippen LogP contribution < -0.4 is 0 Å². The van der Waals surface area contributed by atoms with Crippen molar-refractivity contribution < 1.29 is 9.50 Å². The lowest BCUT2D eigenvalue weighted by Gasteiger charge is -2.12. The van der Waals surface area contributed by atoms with E-state index in [1.54, 1.807) is 16.7 Å². The van der Waals surface area contributed by atoms with Gasteiger partial charge in [0.2, 0.25) is 0 Å². The first-order valence-electron chi connectivity index (χ1n) is 5.68. The van der Waals surface area contributed by atoms with E-state index < -0.39 is 11.9 Å². The topological polar surface area (TPSA) is 50.4 Å². The molecule has 0 spiro atoms. The highest BCUT2D eigenvalue weighted by molar-refractivity contribution is 9.10. The fourth-order valence-corrected chi connectivity index (χ4v) is 2.57. The van der Waals surface area contributed by atoms with Gasteiger partial charge in [-0.1, -0.05) is 27.5 Å². The molecule has 1 aromatic carbocycles. The number of fused-ring (bicyclic) bond motifs is 1. The Kier molecular flexibility index (Phi) is 3.45. The van der Waals surface area contributed by atoms with Gasteiger partial charge in [0, 0.05) is 22.4 Å². The molecule has 3 rings (SSSR count). The average molecular weight is 357 g/mol. The number of aliphatic hydroxyl groups is 1. The van der Waals surface area contributed by atoms with E-state index in [2.05, 4.69) is 25.9 Å². The smallest absolute Gasteiger partial charge is 0.175 e. The molecule has 4 nitrogen and oxygen atoms in total. The van der Waals surface area contributed by atoms with Crippen LogP contribution >= 0.6 is 27.5 Å². The first-order valence-corrected chi connectivity index (χ1v) is 6.85. The summed E-state index contributed by atoms with van der Waals surface area (Å²) in [6, 6.07) is 4.39. The van der Waals surface area contributed by atoms with E-state index in [0.29, 0.717) is 15.8 Å². The fraction of sp³-hybridized carbons (Fsp3) is 0.0769. The minimum absolute atomic E-state index is 0.161. The first-order chi connectivity index (χ1) is 9.58. The Hall–Kier alpha value is -1.50. The number of nitrogens with zero attached hydrogens (tertiary/aromatic N) is 3. The van der Waals surface area contributed by atoms with Crippen molar-refractivity contribution in [3.8, 4) is 0 Å². The summed E-state index contributed by atoms with van der Waals surface area (Å²) in [4.78, 5) is 7.99. The van der Waals surface area contributed by atoms with Gasteiger partial charge in [0.1, 0.15) is 11.9 Å². The lowest BCUT2D eigenvalue weighted by molar-refractivity contribution is 0.209. The van der Waals surface area contributed by atoms with Gasteiger partial charge in [0.15, 0.2) is 10.8 Å². The standard InChI is InChI=1S/C13H8BrClFN3O/c14-7-1-2-9(16)8(5-7)11(20)10-6-18-13-12(15)17-3-4-19(10)13/h1-6,11,20H. The third-order valence-electron chi connectivity index (χ3n) is 2.95. The summed E-state index contributed by atoms with van der Waals surface area (Å²) in [5.41, 5.74) is 0.994. The Morgan fingerprint density at radius 3 is 2.95 bits per heavy atom. The van der Waals surface area contributed by atoms with Gasteiger partial charge >= 0.3 is 0 Å². The SMILES string of the molecule is OC(c1cc(Br)ccc1F)c1cnc2c(Cl)nccn12. The van der Waals surface area contributed by atoms with E-state index in [1.165, 1.54) is 24.5 Å². The summed E-state index contributed by atoms with van der Waals surface area (Å²) in [6.07, 6.45) is 3.40. The molecule has 0 fully saturated rings. The van der Waals surface area contributed by atoms with Crippen LogP contribution in [0.3, 0.4) is 0 Å². The Morgan fingerprint density at radius 2 is 2.15 bits per heavy atom. The second kappa shape index (κ2) is 5.12. The zero-order valence-corrected chi connectivity index (χ0v) is 12.3.